The minimum absolute atomic E-state index is 0.00273. The van der Waals surface area contributed by atoms with Gasteiger partial charge in [0.1, 0.15) is 6.10 Å². The molecule has 188 valence electrons. The SMILES string of the molecule is Cc1ccc(C2=Nc3ccccc3N3[C@H]2O[C@H](c2ccc([N+](=O)[O-])cc2)[C@@H]3c2ccc([N+](=O)[O-])cc2)cc1. The van der Waals surface area contributed by atoms with Gasteiger partial charge in [-0.1, -0.05) is 54.1 Å². The van der Waals surface area contributed by atoms with Crippen LogP contribution in [-0.2, 0) is 4.74 Å². The molecule has 2 heterocycles. The lowest BCUT2D eigenvalue weighted by Gasteiger charge is -2.35. The fraction of sp³-hybridized carbons (Fsp3) is 0.138. The largest absolute Gasteiger partial charge is 0.342 e. The Kier molecular flexibility index (Phi) is 5.69. The summed E-state index contributed by atoms with van der Waals surface area (Å²) in [6, 6.07) is 28.3. The maximum atomic E-state index is 11.3. The lowest BCUT2D eigenvalue weighted by Crippen LogP contribution is -2.41. The molecule has 0 aliphatic carbocycles. The van der Waals surface area contributed by atoms with Crippen molar-refractivity contribution >= 4 is 28.5 Å². The van der Waals surface area contributed by atoms with E-state index in [9.17, 15) is 20.2 Å². The van der Waals surface area contributed by atoms with Gasteiger partial charge in [0, 0.05) is 29.8 Å². The summed E-state index contributed by atoms with van der Waals surface area (Å²) in [6.45, 7) is 2.02. The van der Waals surface area contributed by atoms with Crippen LogP contribution < -0.4 is 4.90 Å². The molecule has 0 unspecified atom stereocenters. The first-order valence-corrected chi connectivity index (χ1v) is 12.1. The number of non-ortho nitro benzene ring substituents is 2. The van der Waals surface area contributed by atoms with E-state index in [2.05, 4.69) is 4.90 Å². The van der Waals surface area contributed by atoms with Gasteiger partial charge in [-0.3, -0.25) is 20.2 Å². The highest BCUT2D eigenvalue weighted by Gasteiger charge is 2.48. The summed E-state index contributed by atoms with van der Waals surface area (Å²) >= 11 is 0. The Bertz CT molecular complexity index is 1570. The van der Waals surface area contributed by atoms with Crippen molar-refractivity contribution in [2.75, 3.05) is 4.90 Å². The number of benzene rings is 4. The Labute approximate surface area is 217 Å². The van der Waals surface area contributed by atoms with Crippen molar-refractivity contribution < 1.29 is 14.6 Å². The van der Waals surface area contributed by atoms with Crippen LogP contribution in [0.3, 0.4) is 0 Å². The van der Waals surface area contributed by atoms with Crippen molar-refractivity contribution in [2.45, 2.75) is 25.3 Å². The van der Waals surface area contributed by atoms with Gasteiger partial charge in [-0.2, -0.15) is 0 Å². The standard InChI is InChI=1S/C29H22N4O5/c1-18-6-8-19(9-7-18)26-29-31(25-5-3-2-4-24(25)30-26)27(20-10-14-22(15-11-20)32(34)35)28(38-29)21-12-16-23(17-13-21)33(36)37/h2-17,27-29H,1H3/t27-,28+,29-/m0/s1. The van der Waals surface area contributed by atoms with E-state index in [0.29, 0.717) is 0 Å². The summed E-state index contributed by atoms with van der Waals surface area (Å²) in [5.41, 5.74) is 6.03. The zero-order valence-corrected chi connectivity index (χ0v) is 20.3. The maximum Gasteiger partial charge on any atom is 0.269 e. The van der Waals surface area contributed by atoms with Gasteiger partial charge < -0.3 is 9.64 Å². The molecule has 0 N–H and O–H groups in total. The van der Waals surface area contributed by atoms with Gasteiger partial charge in [-0.15, -0.1) is 0 Å². The molecule has 38 heavy (non-hydrogen) atoms. The molecule has 2 aliphatic rings. The summed E-state index contributed by atoms with van der Waals surface area (Å²) < 4.78 is 6.74. The molecule has 1 saturated heterocycles. The summed E-state index contributed by atoms with van der Waals surface area (Å²) in [6.07, 6.45) is -1.07. The second kappa shape index (κ2) is 9.20. The smallest absolute Gasteiger partial charge is 0.269 e. The molecule has 9 heteroatoms. The van der Waals surface area contributed by atoms with E-state index in [-0.39, 0.29) is 17.4 Å². The van der Waals surface area contributed by atoms with Crippen LogP contribution in [0.2, 0.25) is 0 Å². The molecule has 3 atom stereocenters. The Morgan fingerprint density at radius 3 is 1.95 bits per heavy atom. The van der Waals surface area contributed by atoms with E-state index < -0.39 is 22.2 Å². The molecule has 0 radical (unpaired) electrons. The molecule has 6 rings (SSSR count). The Hall–Kier alpha value is -4.89. The number of nitro groups is 2. The van der Waals surface area contributed by atoms with Gasteiger partial charge in [0.15, 0.2) is 6.23 Å². The maximum absolute atomic E-state index is 11.3. The monoisotopic (exact) mass is 506 g/mol. The van der Waals surface area contributed by atoms with Gasteiger partial charge in [0.05, 0.1) is 33.0 Å². The highest BCUT2D eigenvalue weighted by atomic mass is 16.6. The molecule has 9 nitrogen and oxygen atoms in total. The van der Waals surface area contributed by atoms with Crippen LogP contribution in [0.5, 0.6) is 0 Å². The first-order chi connectivity index (χ1) is 18.4. The van der Waals surface area contributed by atoms with Crippen LogP contribution in [-0.4, -0.2) is 21.8 Å². The number of rotatable bonds is 5. The van der Waals surface area contributed by atoms with E-state index >= 15 is 0 Å². The predicted molar refractivity (Wildman–Crippen MR) is 143 cm³/mol. The van der Waals surface area contributed by atoms with Crippen LogP contribution in [0.4, 0.5) is 22.7 Å². The van der Waals surface area contributed by atoms with Crippen molar-refractivity contribution in [1.82, 2.24) is 0 Å². The van der Waals surface area contributed by atoms with Gasteiger partial charge in [-0.25, -0.2) is 4.99 Å². The molecule has 2 aliphatic heterocycles. The zero-order chi connectivity index (χ0) is 26.4. The fourth-order valence-corrected chi connectivity index (χ4v) is 5.11. The molecule has 0 amide bonds. The minimum atomic E-state index is -0.548. The quantitative estimate of drug-likeness (QED) is 0.223. The molecule has 4 aromatic rings. The van der Waals surface area contributed by atoms with Gasteiger partial charge in [-0.05, 0) is 42.3 Å². The molecule has 1 fully saturated rings. The Balaban J connectivity index is 1.52. The Morgan fingerprint density at radius 1 is 0.763 bits per heavy atom. The molecule has 0 bridgehead atoms. The second-order valence-electron chi connectivity index (χ2n) is 9.31. The normalized spacial score (nSPS) is 19.9. The number of hydrogen-bond donors (Lipinski definition) is 0. The van der Waals surface area contributed by atoms with Crippen LogP contribution in [0.25, 0.3) is 0 Å². The number of nitro benzene ring substituents is 2. The summed E-state index contributed by atoms with van der Waals surface area (Å²) in [5.74, 6) is 0. The highest BCUT2D eigenvalue weighted by Crippen LogP contribution is 2.52. The number of anilines is 1. The second-order valence-corrected chi connectivity index (χ2v) is 9.31. The number of fused-ring (bicyclic) bond motifs is 3. The van der Waals surface area contributed by atoms with Crippen molar-refractivity contribution in [3.05, 3.63) is 140 Å². The Morgan fingerprint density at radius 2 is 1.34 bits per heavy atom. The number of para-hydroxylation sites is 2. The van der Waals surface area contributed by atoms with Gasteiger partial charge in [0.25, 0.3) is 11.4 Å². The van der Waals surface area contributed by atoms with E-state index in [0.717, 1.165) is 39.3 Å². The highest BCUT2D eigenvalue weighted by molar-refractivity contribution is 6.09. The van der Waals surface area contributed by atoms with Crippen molar-refractivity contribution in [1.29, 1.82) is 0 Å². The third kappa shape index (κ3) is 3.99. The van der Waals surface area contributed by atoms with E-state index in [1.54, 1.807) is 24.3 Å². The molecule has 0 spiro atoms. The average molecular weight is 507 g/mol. The summed E-state index contributed by atoms with van der Waals surface area (Å²) in [5, 5.41) is 22.6. The van der Waals surface area contributed by atoms with E-state index in [1.807, 2.05) is 55.5 Å². The number of ether oxygens (including phenoxy) is 1. The molecule has 4 aromatic carbocycles. The van der Waals surface area contributed by atoms with E-state index in [1.165, 1.54) is 24.3 Å². The minimum Gasteiger partial charge on any atom is -0.342 e. The fourth-order valence-electron chi connectivity index (χ4n) is 5.11. The molecular formula is C29H22N4O5. The predicted octanol–water partition coefficient (Wildman–Crippen LogP) is 6.59. The van der Waals surface area contributed by atoms with Crippen molar-refractivity contribution in [3.8, 4) is 0 Å². The van der Waals surface area contributed by atoms with Crippen LogP contribution >= 0.6 is 0 Å². The molecule has 0 aromatic heterocycles. The number of aryl methyl sites for hydroxylation is 1. The topological polar surface area (TPSA) is 111 Å². The third-order valence-electron chi connectivity index (χ3n) is 6.97. The van der Waals surface area contributed by atoms with Crippen LogP contribution in [0.15, 0.2) is 102 Å². The lowest BCUT2D eigenvalue weighted by atomic mass is 9.93. The van der Waals surface area contributed by atoms with Gasteiger partial charge >= 0.3 is 0 Å². The van der Waals surface area contributed by atoms with Crippen molar-refractivity contribution in [3.63, 3.8) is 0 Å². The first kappa shape index (κ1) is 23.5. The number of aliphatic imine (C=N–C) groups is 1. The summed E-state index contributed by atoms with van der Waals surface area (Å²) in [4.78, 5) is 28.9. The van der Waals surface area contributed by atoms with E-state index in [4.69, 9.17) is 9.73 Å². The molecular weight excluding hydrogens is 484 g/mol. The van der Waals surface area contributed by atoms with Gasteiger partial charge in [0.2, 0.25) is 0 Å². The first-order valence-electron chi connectivity index (χ1n) is 12.1. The average Bonchev–Trinajstić information content (AvgIpc) is 3.34. The van der Waals surface area contributed by atoms with Crippen molar-refractivity contribution in [2.24, 2.45) is 4.99 Å². The molecule has 0 saturated carbocycles. The number of hydrogen-bond acceptors (Lipinski definition) is 7. The lowest BCUT2D eigenvalue weighted by molar-refractivity contribution is -0.385. The zero-order valence-electron chi connectivity index (χ0n) is 20.3. The number of nitrogens with zero attached hydrogens (tertiary/aromatic N) is 4. The van der Waals surface area contributed by atoms with Crippen LogP contribution in [0, 0.1) is 27.2 Å². The van der Waals surface area contributed by atoms with Crippen LogP contribution in [0.1, 0.15) is 34.4 Å². The third-order valence-corrected chi connectivity index (χ3v) is 6.97. The summed E-state index contributed by atoms with van der Waals surface area (Å²) in [7, 11) is 0.